The average Bonchev–Trinajstić information content (AvgIpc) is 2.40. The molecule has 0 aliphatic carbocycles. The van der Waals surface area contributed by atoms with E-state index < -0.39 is 0 Å². The summed E-state index contributed by atoms with van der Waals surface area (Å²) in [6, 6.07) is 18.6. The average molecular weight is 271 g/mol. The van der Waals surface area contributed by atoms with E-state index in [1.807, 2.05) is 32.0 Å². The molecule has 1 N–H and O–H groups in total. The molecular formula is C16H17NOS. The van der Waals surface area contributed by atoms with Gasteiger partial charge in [-0.05, 0) is 43.7 Å². The number of carbonyl (C=O) groups excluding carboxylic acids is 1. The smallest absolute Gasteiger partial charge is 0.207 e. The van der Waals surface area contributed by atoms with Crippen molar-refractivity contribution in [2.75, 3.05) is 0 Å². The Balaban J connectivity index is 2.13. The van der Waals surface area contributed by atoms with Gasteiger partial charge in [0, 0.05) is 9.79 Å². The Morgan fingerprint density at radius 2 is 1.53 bits per heavy atom. The third-order valence-corrected chi connectivity index (χ3v) is 3.99. The molecule has 1 amide bonds. The van der Waals surface area contributed by atoms with Crippen LogP contribution in [-0.4, -0.2) is 6.41 Å². The van der Waals surface area contributed by atoms with Gasteiger partial charge in [-0.3, -0.25) is 4.79 Å². The first-order valence-electron chi connectivity index (χ1n) is 6.16. The summed E-state index contributed by atoms with van der Waals surface area (Å²) in [6.07, 6.45) is 0.743. The summed E-state index contributed by atoms with van der Waals surface area (Å²) in [7, 11) is 0. The minimum atomic E-state index is -0.336. The van der Waals surface area contributed by atoms with Crippen LogP contribution in [0.25, 0.3) is 0 Å². The van der Waals surface area contributed by atoms with E-state index in [4.69, 9.17) is 0 Å². The maximum atomic E-state index is 10.6. The molecule has 3 heteroatoms. The molecule has 0 atom stereocenters. The van der Waals surface area contributed by atoms with Gasteiger partial charge in [0.15, 0.2) is 0 Å². The fraction of sp³-hybridized carbons (Fsp3) is 0.188. The summed E-state index contributed by atoms with van der Waals surface area (Å²) in [5.41, 5.74) is 0.759. The first kappa shape index (κ1) is 13.7. The number of hydrogen-bond acceptors (Lipinski definition) is 2. The van der Waals surface area contributed by atoms with Crippen LogP contribution >= 0.6 is 11.8 Å². The van der Waals surface area contributed by atoms with Crippen LogP contribution in [0.3, 0.4) is 0 Å². The van der Waals surface area contributed by atoms with Crippen molar-refractivity contribution in [3.05, 3.63) is 60.2 Å². The molecule has 0 saturated heterocycles. The van der Waals surface area contributed by atoms with Crippen LogP contribution < -0.4 is 5.32 Å². The largest absolute Gasteiger partial charge is 0.350 e. The standard InChI is InChI=1S/C16H17NOS/c1-16(2,17-12-18)13-8-10-15(11-9-13)19-14-6-4-3-5-7-14/h3-12H,1-2H3,(H,17,18). The monoisotopic (exact) mass is 271 g/mol. The number of rotatable bonds is 5. The lowest BCUT2D eigenvalue weighted by atomic mass is 9.95. The number of amides is 1. The van der Waals surface area contributed by atoms with E-state index in [0.29, 0.717) is 0 Å². The van der Waals surface area contributed by atoms with Crippen molar-refractivity contribution in [2.45, 2.75) is 29.2 Å². The molecule has 0 heterocycles. The Hall–Kier alpha value is -1.74. The van der Waals surface area contributed by atoms with Gasteiger partial charge in [-0.25, -0.2) is 0 Å². The van der Waals surface area contributed by atoms with E-state index in [1.165, 1.54) is 9.79 Å². The summed E-state index contributed by atoms with van der Waals surface area (Å²) in [4.78, 5) is 13.0. The minimum absolute atomic E-state index is 0.336. The molecule has 2 aromatic rings. The number of hydrogen-bond donors (Lipinski definition) is 1. The summed E-state index contributed by atoms with van der Waals surface area (Å²) in [5, 5.41) is 2.82. The molecule has 0 aliphatic rings. The summed E-state index contributed by atoms with van der Waals surface area (Å²) < 4.78 is 0. The molecule has 2 nitrogen and oxygen atoms in total. The van der Waals surface area contributed by atoms with Gasteiger partial charge in [-0.2, -0.15) is 0 Å². The lowest BCUT2D eigenvalue weighted by Gasteiger charge is -2.24. The van der Waals surface area contributed by atoms with Crippen LogP contribution in [0.2, 0.25) is 0 Å². The van der Waals surface area contributed by atoms with E-state index in [1.54, 1.807) is 11.8 Å². The lowest BCUT2D eigenvalue weighted by Crippen LogP contribution is -2.35. The fourth-order valence-corrected chi connectivity index (χ4v) is 2.63. The topological polar surface area (TPSA) is 29.1 Å². The predicted octanol–water partition coefficient (Wildman–Crippen LogP) is 3.82. The normalized spacial score (nSPS) is 11.1. The van der Waals surface area contributed by atoms with Gasteiger partial charge < -0.3 is 5.32 Å². The first-order valence-corrected chi connectivity index (χ1v) is 6.98. The molecule has 0 radical (unpaired) electrons. The second-order valence-electron chi connectivity index (χ2n) is 4.83. The molecule has 2 rings (SSSR count). The molecule has 0 unspecified atom stereocenters. The van der Waals surface area contributed by atoms with Gasteiger partial charge in [0.2, 0.25) is 6.41 Å². The second-order valence-corrected chi connectivity index (χ2v) is 5.97. The Bertz CT molecular complexity index is 534. The molecule has 0 spiro atoms. The summed E-state index contributed by atoms with van der Waals surface area (Å²) in [6.45, 7) is 3.97. The molecule has 0 saturated carbocycles. The van der Waals surface area contributed by atoms with Gasteiger partial charge in [-0.1, -0.05) is 42.1 Å². The van der Waals surface area contributed by atoms with Gasteiger partial charge in [0.1, 0.15) is 0 Å². The van der Waals surface area contributed by atoms with Crippen molar-refractivity contribution in [2.24, 2.45) is 0 Å². The molecule has 0 fully saturated rings. The molecule has 2 aromatic carbocycles. The highest BCUT2D eigenvalue weighted by Gasteiger charge is 2.18. The quantitative estimate of drug-likeness (QED) is 0.838. The summed E-state index contributed by atoms with van der Waals surface area (Å²) in [5.74, 6) is 0. The summed E-state index contributed by atoms with van der Waals surface area (Å²) >= 11 is 1.73. The van der Waals surface area contributed by atoms with Gasteiger partial charge in [-0.15, -0.1) is 0 Å². The third-order valence-electron chi connectivity index (χ3n) is 2.97. The van der Waals surface area contributed by atoms with E-state index >= 15 is 0 Å². The van der Waals surface area contributed by atoms with Gasteiger partial charge >= 0.3 is 0 Å². The highest BCUT2D eigenvalue weighted by Crippen LogP contribution is 2.29. The van der Waals surface area contributed by atoms with Crippen LogP contribution in [0.5, 0.6) is 0 Å². The Kier molecular flexibility index (Phi) is 4.27. The SMILES string of the molecule is CC(C)(NC=O)c1ccc(Sc2ccccc2)cc1. The number of benzene rings is 2. The molecule has 0 aliphatic heterocycles. The minimum Gasteiger partial charge on any atom is -0.350 e. The Morgan fingerprint density at radius 1 is 0.947 bits per heavy atom. The maximum Gasteiger partial charge on any atom is 0.207 e. The Morgan fingerprint density at radius 3 is 2.11 bits per heavy atom. The number of carbonyl (C=O) groups is 1. The van der Waals surface area contributed by atoms with Crippen molar-refractivity contribution >= 4 is 18.2 Å². The van der Waals surface area contributed by atoms with Gasteiger partial charge in [0.25, 0.3) is 0 Å². The number of nitrogens with one attached hydrogen (secondary N) is 1. The van der Waals surface area contributed by atoms with Crippen LogP contribution in [-0.2, 0) is 10.3 Å². The maximum absolute atomic E-state index is 10.6. The molecular weight excluding hydrogens is 254 g/mol. The van der Waals surface area contributed by atoms with E-state index in [9.17, 15) is 4.79 Å². The van der Waals surface area contributed by atoms with Crippen molar-refractivity contribution in [3.8, 4) is 0 Å². The van der Waals surface area contributed by atoms with E-state index in [-0.39, 0.29) is 5.54 Å². The molecule has 0 bridgehead atoms. The van der Waals surface area contributed by atoms with Crippen molar-refractivity contribution in [1.29, 1.82) is 0 Å². The zero-order valence-corrected chi connectivity index (χ0v) is 11.9. The van der Waals surface area contributed by atoms with Crippen molar-refractivity contribution in [3.63, 3.8) is 0 Å². The van der Waals surface area contributed by atoms with Crippen molar-refractivity contribution < 1.29 is 4.79 Å². The third kappa shape index (κ3) is 3.61. The van der Waals surface area contributed by atoms with Crippen LogP contribution in [0.15, 0.2) is 64.4 Å². The van der Waals surface area contributed by atoms with Crippen molar-refractivity contribution in [1.82, 2.24) is 5.32 Å². The molecule has 0 aromatic heterocycles. The van der Waals surface area contributed by atoms with Crippen LogP contribution in [0.1, 0.15) is 19.4 Å². The van der Waals surface area contributed by atoms with E-state index in [0.717, 1.165) is 12.0 Å². The van der Waals surface area contributed by atoms with Crippen LogP contribution in [0, 0.1) is 0 Å². The molecule has 19 heavy (non-hydrogen) atoms. The zero-order chi connectivity index (χ0) is 13.7. The highest BCUT2D eigenvalue weighted by atomic mass is 32.2. The first-order chi connectivity index (χ1) is 9.12. The predicted molar refractivity (Wildman–Crippen MR) is 79.2 cm³/mol. The molecule has 98 valence electrons. The Labute approximate surface area is 118 Å². The second kappa shape index (κ2) is 5.93. The fourth-order valence-electron chi connectivity index (χ4n) is 1.79. The lowest BCUT2D eigenvalue weighted by molar-refractivity contribution is -0.111. The van der Waals surface area contributed by atoms with E-state index in [2.05, 4.69) is 41.7 Å². The zero-order valence-electron chi connectivity index (χ0n) is 11.1. The van der Waals surface area contributed by atoms with Crippen LogP contribution in [0.4, 0.5) is 0 Å². The highest BCUT2D eigenvalue weighted by molar-refractivity contribution is 7.99. The van der Waals surface area contributed by atoms with Gasteiger partial charge in [0.05, 0.1) is 5.54 Å².